The van der Waals surface area contributed by atoms with Crippen LogP contribution in [0, 0.1) is 6.92 Å². The van der Waals surface area contributed by atoms with E-state index in [1.54, 1.807) is 63.6 Å². The van der Waals surface area contributed by atoms with Gasteiger partial charge in [-0.1, -0.05) is 25.1 Å². The number of carbonyl (C=O) groups excluding carboxylic acids is 2. The molecule has 0 unspecified atom stereocenters. The molecule has 0 aliphatic carbocycles. The number of aryl methyl sites for hydroxylation is 1. The number of anilines is 1. The number of carbonyl (C=O) groups is 2. The van der Waals surface area contributed by atoms with Crippen LogP contribution >= 0.6 is 0 Å². The molecule has 0 aliphatic rings. The van der Waals surface area contributed by atoms with Gasteiger partial charge in [0.05, 0.1) is 31.3 Å². The summed E-state index contributed by atoms with van der Waals surface area (Å²) in [6, 6.07) is 15.9. The van der Waals surface area contributed by atoms with Gasteiger partial charge >= 0.3 is 5.97 Å². The fourth-order valence-electron chi connectivity index (χ4n) is 3.62. The molecule has 9 heteroatoms. The number of hydrogen-bond donors (Lipinski definition) is 1. The summed E-state index contributed by atoms with van der Waals surface area (Å²) in [5.74, 6) is 0.212. The first-order chi connectivity index (χ1) is 17.9. The smallest absolute Gasteiger partial charge is 0.305 e. The summed E-state index contributed by atoms with van der Waals surface area (Å²) in [5.41, 5.74) is 3.00. The predicted molar refractivity (Wildman–Crippen MR) is 138 cm³/mol. The van der Waals surface area contributed by atoms with Gasteiger partial charge in [0.1, 0.15) is 23.7 Å². The van der Waals surface area contributed by atoms with E-state index < -0.39 is 5.91 Å². The standard InChI is InChI=1S/C28H27N3O6/c1-5-25(32)36-16-18-15-29-17(2)26-21(18)14-22(28(37-26)30-19-9-7-6-8-10-19)27(33)31-23-12-11-20(34-3)13-24(23)35-4/h6-15H,5,16H2,1-4H3,(H,31,33). The van der Waals surface area contributed by atoms with Crippen molar-refractivity contribution in [1.82, 2.24) is 4.98 Å². The fraction of sp³-hybridized carbons (Fsp3) is 0.214. The Kier molecular flexibility index (Phi) is 7.83. The maximum Gasteiger partial charge on any atom is 0.305 e. The number of esters is 1. The third kappa shape index (κ3) is 5.78. The molecular weight excluding hydrogens is 474 g/mol. The highest BCUT2D eigenvalue weighted by atomic mass is 16.5. The second-order valence-corrected chi connectivity index (χ2v) is 8.06. The molecule has 0 radical (unpaired) electrons. The Bertz CT molecular complexity index is 1510. The Balaban J connectivity index is 1.86. The van der Waals surface area contributed by atoms with Crippen LogP contribution in [0.2, 0.25) is 0 Å². The average molecular weight is 502 g/mol. The predicted octanol–water partition coefficient (Wildman–Crippen LogP) is 5.09. The molecule has 9 nitrogen and oxygen atoms in total. The van der Waals surface area contributed by atoms with Gasteiger partial charge < -0.3 is 23.9 Å². The molecule has 0 spiro atoms. The Morgan fingerprint density at radius 2 is 1.84 bits per heavy atom. The molecule has 1 N–H and O–H groups in total. The molecule has 0 saturated carbocycles. The lowest BCUT2D eigenvalue weighted by molar-refractivity contribution is -0.144. The van der Waals surface area contributed by atoms with Gasteiger partial charge in [0, 0.05) is 29.6 Å². The van der Waals surface area contributed by atoms with Crippen LogP contribution in [0.1, 0.15) is 35.0 Å². The minimum absolute atomic E-state index is 0.00545. The van der Waals surface area contributed by atoms with E-state index in [-0.39, 0.29) is 30.1 Å². The van der Waals surface area contributed by atoms with Crippen LogP contribution in [0.4, 0.5) is 11.4 Å². The van der Waals surface area contributed by atoms with Crippen LogP contribution in [0.3, 0.4) is 0 Å². The lowest BCUT2D eigenvalue weighted by Crippen LogP contribution is -2.22. The highest BCUT2D eigenvalue weighted by molar-refractivity contribution is 6.06. The number of methoxy groups -OCH3 is 2. The number of rotatable bonds is 8. The average Bonchev–Trinajstić information content (AvgIpc) is 2.93. The Morgan fingerprint density at radius 3 is 2.54 bits per heavy atom. The van der Waals surface area contributed by atoms with Gasteiger partial charge in [-0.2, -0.15) is 0 Å². The van der Waals surface area contributed by atoms with Crippen molar-refractivity contribution in [3.05, 3.63) is 83.2 Å². The van der Waals surface area contributed by atoms with E-state index >= 15 is 0 Å². The highest BCUT2D eigenvalue weighted by Gasteiger charge is 2.19. The topological polar surface area (TPSA) is 112 Å². The number of fused-ring (bicyclic) bond motifs is 1. The number of pyridine rings is 1. The number of benzene rings is 2. The van der Waals surface area contributed by atoms with Gasteiger partial charge in [0.2, 0.25) is 5.55 Å². The summed E-state index contributed by atoms with van der Waals surface area (Å²) in [5, 5.41) is 3.47. The molecule has 0 aliphatic heterocycles. The van der Waals surface area contributed by atoms with E-state index in [1.165, 1.54) is 7.11 Å². The molecule has 0 atom stereocenters. The van der Waals surface area contributed by atoms with Crippen molar-refractivity contribution < 1.29 is 28.2 Å². The van der Waals surface area contributed by atoms with E-state index in [0.717, 1.165) is 0 Å². The third-order valence-electron chi connectivity index (χ3n) is 5.62. The van der Waals surface area contributed by atoms with E-state index in [9.17, 15) is 9.59 Å². The van der Waals surface area contributed by atoms with E-state index in [0.29, 0.717) is 45.1 Å². The summed E-state index contributed by atoms with van der Waals surface area (Å²) in [6.45, 7) is 3.51. The van der Waals surface area contributed by atoms with Crippen molar-refractivity contribution in [2.45, 2.75) is 26.9 Å². The molecule has 2 aromatic heterocycles. The second kappa shape index (κ2) is 11.4. The van der Waals surface area contributed by atoms with Crippen LogP contribution < -0.4 is 20.3 Å². The van der Waals surface area contributed by atoms with Crippen LogP contribution in [0.25, 0.3) is 11.0 Å². The van der Waals surface area contributed by atoms with Gasteiger partial charge in [-0.05, 0) is 37.3 Å². The molecule has 190 valence electrons. The molecule has 4 aromatic rings. The zero-order chi connectivity index (χ0) is 26.4. The molecule has 0 bridgehead atoms. The van der Waals surface area contributed by atoms with Crippen LogP contribution in [0.5, 0.6) is 11.5 Å². The lowest BCUT2D eigenvalue weighted by Gasteiger charge is -2.13. The number of nitrogens with zero attached hydrogens (tertiary/aromatic N) is 2. The van der Waals surface area contributed by atoms with E-state index in [2.05, 4.69) is 15.3 Å². The van der Waals surface area contributed by atoms with Gasteiger partial charge in [-0.3, -0.25) is 14.6 Å². The Morgan fingerprint density at radius 1 is 1.05 bits per heavy atom. The summed E-state index contributed by atoms with van der Waals surface area (Å²) in [4.78, 5) is 34.3. The highest BCUT2D eigenvalue weighted by Crippen LogP contribution is 2.30. The monoisotopic (exact) mass is 501 g/mol. The molecule has 0 fully saturated rings. The number of aromatic nitrogens is 1. The van der Waals surface area contributed by atoms with Crippen molar-refractivity contribution in [1.29, 1.82) is 0 Å². The maximum absolute atomic E-state index is 13.6. The van der Waals surface area contributed by atoms with E-state index in [4.69, 9.17) is 18.6 Å². The minimum Gasteiger partial charge on any atom is -0.497 e. The van der Waals surface area contributed by atoms with Crippen LogP contribution in [0.15, 0.2) is 70.2 Å². The normalized spacial score (nSPS) is 11.3. The number of nitrogens with one attached hydrogen (secondary N) is 1. The van der Waals surface area contributed by atoms with Crippen molar-refractivity contribution >= 4 is 34.2 Å². The van der Waals surface area contributed by atoms with E-state index in [1.807, 2.05) is 18.2 Å². The Hall–Kier alpha value is -4.66. The number of hydrogen-bond acceptors (Lipinski definition) is 8. The van der Waals surface area contributed by atoms with Crippen molar-refractivity contribution in [3.63, 3.8) is 0 Å². The fourth-order valence-corrected chi connectivity index (χ4v) is 3.62. The zero-order valence-corrected chi connectivity index (χ0v) is 21.0. The molecule has 2 heterocycles. The van der Waals surface area contributed by atoms with Crippen LogP contribution in [-0.4, -0.2) is 31.1 Å². The molecular formula is C28H27N3O6. The molecule has 0 saturated heterocycles. The zero-order valence-electron chi connectivity index (χ0n) is 21.0. The van der Waals surface area contributed by atoms with Crippen molar-refractivity contribution in [3.8, 4) is 11.5 Å². The minimum atomic E-state index is -0.463. The molecule has 1 amide bonds. The van der Waals surface area contributed by atoms with Gasteiger partial charge in [0.25, 0.3) is 5.91 Å². The number of amides is 1. The maximum atomic E-state index is 13.6. The van der Waals surface area contributed by atoms with Crippen LogP contribution in [-0.2, 0) is 16.1 Å². The summed E-state index contributed by atoms with van der Waals surface area (Å²) >= 11 is 0. The quantitative estimate of drug-likeness (QED) is 0.335. The van der Waals surface area contributed by atoms with Crippen molar-refractivity contribution in [2.24, 2.45) is 4.99 Å². The summed E-state index contributed by atoms with van der Waals surface area (Å²) in [7, 11) is 3.05. The van der Waals surface area contributed by atoms with Gasteiger partial charge in [-0.25, -0.2) is 4.99 Å². The SMILES string of the molecule is CCC(=O)OCc1cnc(C)c2oc(=Nc3ccccc3)c(C(=O)Nc3ccc(OC)cc3OC)cc12. The first-order valence-corrected chi connectivity index (χ1v) is 11.6. The lowest BCUT2D eigenvalue weighted by atomic mass is 10.1. The second-order valence-electron chi connectivity index (χ2n) is 8.06. The van der Waals surface area contributed by atoms with Gasteiger partial charge in [0.15, 0.2) is 5.58 Å². The number of ether oxygens (including phenoxy) is 3. The number of para-hydroxylation sites is 1. The summed E-state index contributed by atoms with van der Waals surface area (Å²) in [6.07, 6.45) is 1.86. The third-order valence-corrected chi connectivity index (χ3v) is 5.62. The van der Waals surface area contributed by atoms with Crippen molar-refractivity contribution in [2.75, 3.05) is 19.5 Å². The first-order valence-electron chi connectivity index (χ1n) is 11.6. The molecule has 4 rings (SSSR count). The molecule has 37 heavy (non-hydrogen) atoms. The first kappa shape index (κ1) is 25.4. The Labute approximate surface area is 213 Å². The largest absolute Gasteiger partial charge is 0.497 e. The summed E-state index contributed by atoms with van der Waals surface area (Å²) < 4.78 is 22.2. The molecule has 2 aromatic carbocycles. The van der Waals surface area contributed by atoms with Gasteiger partial charge in [-0.15, -0.1) is 0 Å².